The average Bonchev–Trinajstić information content (AvgIpc) is 1.94. The first-order valence-corrected chi connectivity index (χ1v) is 3.99. The number of anilines is 1. The summed E-state index contributed by atoms with van der Waals surface area (Å²) in [5.41, 5.74) is 0. The van der Waals surface area contributed by atoms with E-state index in [1.807, 2.05) is 14.0 Å². The lowest BCUT2D eigenvalue weighted by molar-refractivity contribution is 1.04. The first-order valence-electron chi connectivity index (χ1n) is 2.91. The van der Waals surface area contributed by atoms with Gasteiger partial charge in [0.05, 0.1) is 3.57 Å². The van der Waals surface area contributed by atoms with Crippen molar-refractivity contribution in [3.8, 4) is 0 Å². The third kappa shape index (κ3) is 1.56. The van der Waals surface area contributed by atoms with Gasteiger partial charge in [0, 0.05) is 13.2 Å². The van der Waals surface area contributed by atoms with Crippen molar-refractivity contribution >= 4 is 28.4 Å². The number of hydrogen-bond donors (Lipinski definition) is 1. The quantitative estimate of drug-likeness (QED) is 0.765. The highest BCUT2D eigenvalue weighted by Crippen LogP contribution is 2.12. The zero-order chi connectivity index (χ0) is 7.56. The first kappa shape index (κ1) is 7.71. The summed E-state index contributed by atoms with van der Waals surface area (Å²) in [6.45, 7) is 1.87. The van der Waals surface area contributed by atoms with Crippen LogP contribution in [0.25, 0.3) is 0 Å². The van der Waals surface area contributed by atoms with E-state index in [4.69, 9.17) is 0 Å². The van der Waals surface area contributed by atoms with Crippen LogP contribution >= 0.6 is 22.6 Å². The Bertz CT molecular complexity index is 236. The molecule has 0 amide bonds. The van der Waals surface area contributed by atoms with Gasteiger partial charge in [-0.25, -0.2) is 9.97 Å². The van der Waals surface area contributed by atoms with Gasteiger partial charge in [0.25, 0.3) is 0 Å². The number of halogens is 1. The van der Waals surface area contributed by atoms with Crippen molar-refractivity contribution in [2.75, 3.05) is 12.4 Å². The van der Waals surface area contributed by atoms with Gasteiger partial charge in [-0.2, -0.15) is 0 Å². The maximum atomic E-state index is 4.16. The molecule has 0 aromatic carbocycles. The summed E-state index contributed by atoms with van der Waals surface area (Å²) in [7, 11) is 1.85. The SMILES string of the molecule is CNc1nc(C)ncc1I. The zero-order valence-corrected chi connectivity index (χ0v) is 8.01. The summed E-state index contributed by atoms with van der Waals surface area (Å²) in [5.74, 6) is 1.69. The molecular weight excluding hydrogens is 241 g/mol. The second-order valence-corrected chi connectivity index (χ2v) is 3.03. The van der Waals surface area contributed by atoms with E-state index >= 15 is 0 Å². The molecule has 0 bridgehead atoms. The number of aromatic nitrogens is 2. The number of rotatable bonds is 1. The van der Waals surface area contributed by atoms with Crippen LogP contribution < -0.4 is 5.32 Å². The molecule has 10 heavy (non-hydrogen) atoms. The molecule has 4 heteroatoms. The second-order valence-electron chi connectivity index (χ2n) is 1.86. The number of nitrogens with zero attached hydrogens (tertiary/aromatic N) is 2. The number of nitrogens with one attached hydrogen (secondary N) is 1. The molecule has 0 aliphatic rings. The summed E-state index contributed by atoms with van der Waals surface area (Å²) in [6, 6.07) is 0. The van der Waals surface area contributed by atoms with Gasteiger partial charge in [-0.1, -0.05) is 0 Å². The lowest BCUT2D eigenvalue weighted by Gasteiger charge is -2.00. The van der Waals surface area contributed by atoms with E-state index in [0.717, 1.165) is 15.2 Å². The standard InChI is InChI=1S/C6H8IN3/c1-4-9-3-5(7)6(8-2)10-4/h3H,1-2H3,(H,8,9,10). The molecule has 0 aliphatic heterocycles. The predicted molar refractivity (Wildman–Crippen MR) is 49.0 cm³/mol. The van der Waals surface area contributed by atoms with Crippen LogP contribution in [0.1, 0.15) is 5.82 Å². The fourth-order valence-electron chi connectivity index (χ4n) is 0.631. The van der Waals surface area contributed by atoms with Gasteiger partial charge < -0.3 is 5.32 Å². The van der Waals surface area contributed by atoms with E-state index in [-0.39, 0.29) is 0 Å². The molecule has 1 rings (SSSR count). The fourth-order valence-corrected chi connectivity index (χ4v) is 1.16. The predicted octanol–water partition coefficient (Wildman–Crippen LogP) is 1.43. The zero-order valence-electron chi connectivity index (χ0n) is 5.85. The largest absolute Gasteiger partial charge is 0.372 e. The van der Waals surface area contributed by atoms with Gasteiger partial charge in [-0.15, -0.1) is 0 Å². The highest BCUT2D eigenvalue weighted by atomic mass is 127. The lowest BCUT2D eigenvalue weighted by atomic mass is 10.5. The normalized spacial score (nSPS) is 9.50. The average molecular weight is 249 g/mol. The molecular formula is C6H8IN3. The minimum Gasteiger partial charge on any atom is -0.372 e. The third-order valence-corrected chi connectivity index (χ3v) is 1.89. The van der Waals surface area contributed by atoms with Gasteiger partial charge >= 0.3 is 0 Å². The molecule has 54 valence electrons. The van der Waals surface area contributed by atoms with Gasteiger partial charge in [0.15, 0.2) is 0 Å². The van der Waals surface area contributed by atoms with Crippen molar-refractivity contribution in [2.24, 2.45) is 0 Å². The van der Waals surface area contributed by atoms with Crippen molar-refractivity contribution in [2.45, 2.75) is 6.92 Å². The molecule has 0 aliphatic carbocycles. The molecule has 0 unspecified atom stereocenters. The Morgan fingerprint density at radius 3 is 2.80 bits per heavy atom. The molecule has 1 aromatic rings. The molecule has 1 heterocycles. The third-order valence-electron chi connectivity index (χ3n) is 1.10. The van der Waals surface area contributed by atoms with Crippen LogP contribution in [0.4, 0.5) is 5.82 Å². The van der Waals surface area contributed by atoms with E-state index in [1.54, 1.807) is 6.20 Å². The Balaban J connectivity index is 3.09. The molecule has 0 saturated heterocycles. The molecule has 1 N–H and O–H groups in total. The van der Waals surface area contributed by atoms with Crippen molar-refractivity contribution in [1.82, 2.24) is 9.97 Å². The van der Waals surface area contributed by atoms with Crippen LogP contribution in [0.2, 0.25) is 0 Å². The molecule has 1 aromatic heterocycles. The van der Waals surface area contributed by atoms with Crippen LogP contribution in [0.5, 0.6) is 0 Å². The lowest BCUT2D eigenvalue weighted by Crippen LogP contribution is -1.98. The maximum Gasteiger partial charge on any atom is 0.142 e. The Morgan fingerprint density at radius 2 is 2.30 bits per heavy atom. The Hall–Kier alpha value is -0.390. The molecule has 0 fully saturated rings. The Morgan fingerprint density at radius 1 is 1.60 bits per heavy atom. The summed E-state index contributed by atoms with van der Waals surface area (Å²) in [6.07, 6.45) is 1.80. The highest BCUT2D eigenvalue weighted by Gasteiger charge is 1.97. The topological polar surface area (TPSA) is 37.8 Å². The van der Waals surface area contributed by atoms with E-state index in [1.165, 1.54) is 0 Å². The van der Waals surface area contributed by atoms with Crippen molar-refractivity contribution in [3.05, 3.63) is 15.6 Å². The van der Waals surface area contributed by atoms with Crippen LogP contribution in [-0.2, 0) is 0 Å². The summed E-state index contributed by atoms with van der Waals surface area (Å²) < 4.78 is 1.05. The van der Waals surface area contributed by atoms with Gasteiger partial charge in [0.1, 0.15) is 11.6 Å². The smallest absolute Gasteiger partial charge is 0.142 e. The molecule has 3 nitrogen and oxygen atoms in total. The van der Waals surface area contributed by atoms with Gasteiger partial charge in [-0.05, 0) is 29.5 Å². The van der Waals surface area contributed by atoms with Crippen LogP contribution in [0.3, 0.4) is 0 Å². The highest BCUT2D eigenvalue weighted by molar-refractivity contribution is 14.1. The number of hydrogen-bond acceptors (Lipinski definition) is 3. The minimum atomic E-state index is 0.796. The summed E-state index contributed by atoms with van der Waals surface area (Å²) in [4.78, 5) is 8.19. The Labute approximate surface area is 73.4 Å². The summed E-state index contributed by atoms with van der Waals surface area (Å²) >= 11 is 2.19. The Kier molecular flexibility index (Phi) is 2.42. The molecule has 0 atom stereocenters. The molecule has 0 radical (unpaired) electrons. The number of aryl methyl sites for hydroxylation is 1. The van der Waals surface area contributed by atoms with Gasteiger partial charge in [0.2, 0.25) is 0 Å². The molecule has 0 spiro atoms. The van der Waals surface area contributed by atoms with E-state index in [9.17, 15) is 0 Å². The van der Waals surface area contributed by atoms with Crippen molar-refractivity contribution in [1.29, 1.82) is 0 Å². The fraction of sp³-hybridized carbons (Fsp3) is 0.333. The second kappa shape index (κ2) is 3.14. The van der Waals surface area contributed by atoms with Crippen LogP contribution in [0.15, 0.2) is 6.20 Å². The van der Waals surface area contributed by atoms with E-state index < -0.39 is 0 Å². The maximum absolute atomic E-state index is 4.16. The first-order chi connectivity index (χ1) is 4.74. The van der Waals surface area contributed by atoms with Crippen LogP contribution in [0, 0.1) is 10.5 Å². The van der Waals surface area contributed by atoms with Crippen molar-refractivity contribution < 1.29 is 0 Å². The summed E-state index contributed by atoms with van der Waals surface area (Å²) in [5, 5.41) is 2.98. The van der Waals surface area contributed by atoms with Crippen LogP contribution in [-0.4, -0.2) is 17.0 Å². The van der Waals surface area contributed by atoms with Gasteiger partial charge in [-0.3, -0.25) is 0 Å². The van der Waals surface area contributed by atoms with E-state index in [0.29, 0.717) is 0 Å². The molecule has 0 saturated carbocycles. The van der Waals surface area contributed by atoms with E-state index in [2.05, 4.69) is 37.9 Å². The monoisotopic (exact) mass is 249 g/mol. The van der Waals surface area contributed by atoms with Crippen molar-refractivity contribution in [3.63, 3.8) is 0 Å². The minimum absolute atomic E-state index is 0.796.